The second-order valence-electron chi connectivity index (χ2n) is 6.60. The summed E-state index contributed by atoms with van der Waals surface area (Å²) in [6.45, 7) is 2.34. The predicted octanol–water partition coefficient (Wildman–Crippen LogP) is 2.07. The van der Waals surface area contributed by atoms with Crippen molar-refractivity contribution < 1.29 is 19.1 Å². The van der Waals surface area contributed by atoms with Crippen molar-refractivity contribution in [1.29, 1.82) is 0 Å². The van der Waals surface area contributed by atoms with E-state index >= 15 is 0 Å². The van der Waals surface area contributed by atoms with Gasteiger partial charge in [0.25, 0.3) is 5.91 Å². The number of benzene rings is 2. The average molecular weight is 381 g/mol. The number of ether oxygens (including phenoxy) is 1. The highest BCUT2D eigenvalue weighted by Gasteiger charge is 2.35. The molecule has 1 aliphatic rings. The van der Waals surface area contributed by atoms with Crippen molar-refractivity contribution in [2.45, 2.75) is 19.8 Å². The Bertz CT molecular complexity index is 879. The molecular weight excluding hydrogens is 358 g/mol. The van der Waals surface area contributed by atoms with Crippen molar-refractivity contribution in [2.24, 2.45) is 5.92 Å². The fourth-order valence-corrected chi connectivity index (χ4v) is 3.11. The van der Waals surface area contributed by atoms with Crippen molar-refractivity contribution in [3.8, 4) is 5.75 Å². The molecule has 1 aliphatic heterocycles. The first-order valence-corrected chi connectivity index (χ1v) is 9.15. The minimum Gasteiger partial charge on any atom is -0.497 e. The zero-order valence-corrected chi connectivity index (χ0v) is 15.9. The third kappa shape index (κ3) is 4.31. The summed E-state index contributed by atoms with van der Waals surface area (Å²) in [6, 6.07) is 14.3. The van der Waals surface area contributed by atoms with Crippen molar-refractivity contribution in [1.82, 2.24) is 10.9 Å². The molecule has 1 atom stereocenters. The molecule has 2 aromatic rings. The number of hydrogen-bond donors (Lipinski definition) is 2. The maximum Gasteiger partial charge on any atom is 0.269 e. The number of anilines is 1. The topological polar surface area (TPSA) is 87.7 Å². The molecule has 0 saturated carbocycles. The number of amides is 3. The molecule has 2 aromatic carbocycles. The van der Waals surface area contributed by atoms with Crippen LogP contribution >= 0.6 is 0 Å². The molecule has 7 nitrogen and oxygen atoms in total. The lowest BCUT2D eigenvalue weighted by molar-refractivity contribution is -0.126. The number of carbonyl (C=O) groups excluding carboxylic acids is 3. The number of aryl methyl sites for hydroxylation is 1. The molecule has 3 amide bonds. The van der Waals surface area contributed by atoms with Crippen LogP contribution in [0.25, 0.3) is 0 Å². The quantitative estimate of drug-likeness (QED) is 0.776. The number of methoxy groups -OCH3 is 1. The second kappa shape index (κ2) is 8.56. The summed E-state index contributed by atoms with van der Waals surface area (Å²) < 4.78 is 5.05. The Hall–Kier alpha value is -3.35. The molecule has 1 heterocycles. The van der Waals surface area contributed by atoms with E-state index in [0.29, 0.717) is 11.3 Å². The number of carbonyl (C=O) groups is 3. The van der Waals surface area contributed by atoms with Crippen molar-refractivity contribution in [2.75, 3.05) is 18.6 Å². The molecule has 7 heteroatoms. The van der Waals surface area contributed by atoms with Crippen molar-refractivity contribution in [3.63, 3.8) is 0 Å². The van der Waals surface area contributed by atoms with E-state index in [-0.39, 0.29) is 24.8 Å². The molecule has 146 valence electrons. The van der Waals surface area contributed by atoms with Gasteiger partial charge in [0.15, 0.2) is 0 Å². The first kappa shape index (κ1) is 19.4. The van der Waals surface area contributed by atoms with Gasteiger partial charge in [-0.05, 0) is 48.4 Å². The molecule has 0 aliphatic carbocycles. The summed E-state index contributed by atoms with van der Waals surface area (Å²) >= 11 is 0. The van der Waals surface area contributed by atoms with Crippen LogP contribution in [0, 0.1) is 5.92 Å². The van der Waals surface area contributed by atoms with Gasteiger partial charge in [-0.25, -0.2) is 0 Å². The summed E-state index contributed by atoms with van der Waals surface area (Å²) in [6.07, 6.45) is 0.984. The van der Waals surface area contributed by atoms with Crippen molar-refractivity contribution in [3.05, 3.63) is 59.7 Å². The van der Waals surface area contributed by atoms with Crippen LogP contribution in [0.2, 0.25) is 0 Å². The van der Waals surface area contributed by atoms with Crippen LogP contribution < -0.4 is 20.5 Å². The van der Waals surface area contributed by atoms with E-state index in [4.69, 9.17) is 4.74 Å². The van der Waals surface area contributed by atoms with Gasteiger partial charge in [-0.1, -0.05) is 19.1 Å². The highest BCUT2D eigenvalue weighted by atomic mass is 16.5. The van der Waals surface area contributed by atoms with Crippen LogP contribution in [0.15, 0.2) is 48.5 Å². The summed E-state index contributed by atoms with van der Waals surface area (Å²) in [5.41, 5.74) is 7.12. The number of nitrogens with zero attached hydrogens (tertiary/aromatic N) is 1. The maximum atomic E-state index is 12.4. The van der Waals surface area contributed by atoms with E-state index in [0.717, 1.165) is 17.7 Å². The maximum absolute atomic E-state index is 12.4. The normalized spacial score (nSPS) is 16.0. The Labute approximate surface area is 163 Å². The van der Waals surface area contributed by atoms with E-state index in [2.05, 4.69) is 10.9 Å². The Morgan fingerprint density at radius 3 is 2.57 bits per heavy atom. The Morgan fingerprint density at radius 2 is 1.89 bits per heavy atom. The molecule has 3 rings (SSSR count). The second-order valence-corrected chi connectivity index (χ2v) is 6.60. The largest absolute Gasteiger partial charge is 0.497 e. The van der Waals surface area contributed by atoms with Crippen molar-refractivity contribution >= 4 is 23.4 Å². The summed E-state index contributed by atoms with van der Waals surface area (Å²) in [5.74, 6) is -0.807. The van der Waals surface area contributed by atoms with Crippen LogP contribution in [0.4, 0.5) is 5.69 Å². The minimum absolute atomic E-state index is 0.102. The molecule has 1 fully saturated rings. The van der Waals surface area contributed by atoms with Crippen LogP contribution in [0.3, 0.4) is 0 Å². The Morgan fingerprint density at radius 1 is 1.14 bits per heavy atom. The lowest BCUT2D eigenvalue weighted by atomic mass is 10.1. The standard InChI is InChI=1S/C21H23N3O4/c1-3-14-5-4-6-17(11-14)24-13-16(12-19(24)25)21(27)23-22-20(26)15-7-9-18(28-2)10-8-15/h4-11,16H,3,12-13H2,1-2H3,(H,22,26)(H,23,27)/t16-/m0/s1. The lowest BCUT2D eigenvalue weighted by Gasteiger charge is -2.17. The molecule has 28 heavy (non-hydrogen) atoms. The third-order valence-corrected chi connectivity index (χ3v) is 4.78. The molecule has 0 bridgehead atoms. The minimum atomic E-state index is -0.519. The van der Waals surface area contributed by atoms with Crippen LogP contribution in [-0.2, 0) is 16.0 Å². The number of nitrogens with one attached hydrogen (secondary N) is 2. The Kier molecular flexibility index (Phi) is 5.93. The average Bonchev–Trinajstić information content (AvgIpc) is 3.13. The van der Waals surface area contributed by atoms with Crippen LogP contribution in [0.5, 0.6) is 5.75 Å². The monoisotopic (exact) mass is 381 g/mol. The zero-order valence-electron chi connectivity index (χ0n) is 15.9. The number of rotatable bonds is 5. The molecular formula is C21H23N3O4. The summed E-state index contributed by atoms with van der Waals surface area (Å²) in [7, 11) is 1.54. The van der Waals surface area contributed by atoms with E-state index < -0.39 is 11.8 Å². The SMILES string of the molecule is CCc1cccc(N2C[C@@H](C(=O)NNC(=O)c3ccc(OC)cc3)CC2=O)c1. The fourth-order valence-electron chi connectivity index (χ4n) is 3.11. The van der Waals surface area contributed by atoms with Gasteiger partial charge in [-0.2, -0.15) is 0 Å². The van der Waals surface area contributed by atoms with Gasteiger partial charge in [-0.3, -0.25) is 25.2 Å². The molecule has 0 spiro atoms. The van der Waals surface area contributed by atoms with Gasteiger partial charge in [0.05, 0.1) is 13.0 Å². The van der Waals surface area contributed by atoms with Gasteiger partial charge >= 0.3 is 0 Å². The highest BCUT2D eigenvalue weighted by Crippen LogP contribution is 2.26. The van der Waals surface area contributed by atoms with E-state index in [1.165, 1.54) is 0 Å². The molecule has 0 aromatic heterocycles. The van der Waals surface area contributed by atoms with E-state index in [1.54, 1.807) is 36.3 Å². The van der Waals surface area contributed by atoms with Gasteiger partial charge in [0.1, 0.15) is 5.75 Å². The van der Waals surface area contributed by atoms with E-state index in [1.807, 2.05) is 31.2 Å². The lowest BCUT2D eigenvalue weighted by Crippen LogP contribution is -2.45. The van der Waals surface area contributed by atoms with Gasteiger partial charge < -0.3 is 9.64 Å². The first-order valence-electron chi connectivity index (χ1n) is 9.15. The van der Waals surface area contributed by atoms with E-state index in [9.17, 15) is 14.4 Å². The predicted molar refractivity (Wildman–Crippen MR) is 105 cm³/mol. The van der Waals surface area contributed by atoms with Crippen LogP contribution in [0.1, 0.15) is 29.3 Å². The first-order chi connectivity index (χ1) is 13.5. The van der Waals surface area contributed by atoms with Gasteiger partial charge in [0, 0.05) is 24.2 Å². The molecule has 0 radical (unpaired) electrons. The smallest absolute Gasteiger partial charge is 0.269 e. The molecule has 2 N–H and O–H groups in total. The van der Waals surface area contributed by atoms with Crippen LogP contribution in [-0.4, -0.2) is 31.4 Å². The molecule has 1 saturated heterocycles. The zero-order chi connectivity index (χ0) is 20.1. The number of hydrazine groups is 1. The Balaban J connectivity index is 1.57. The summed E-state index contributed by atoms with van der Waals surface area (Å²) in [4.78, 5) is 38.5. The summed E-state index contributed by atoms with van der Waals surface area (Å²) in [5, 5.41) is 0. The van der Waals surface area contributed by atoms with Gasteiger partial charge in [0.2, 0.25) is 11.8 Å². The molecule has 0 unspecified atom stereocenters. The number of hydrogen-bond acceptors (Lipinski definition) is 4. The van der Waals surface area contributed by atoms with Gasteiger partial charge in [-0.15, -0.1) is 0 Å². The highest BCUT2D eigenvalue weighted by molar-refractivity contribution is 6.01. The fraction of sp³-hybridized carbons (Fsp3) is 0.286. The third-order valence-electron chi connectivity index (χ3n) is 4.78.